The van der Waals surface area contributed by atoms with Gasteiger partial charge in [-0.15, -0.1) is 0 Å². The number of para-hydroxylation sites is 1. The first kappa shape index (κ1) is 12.0. The number of aliphatic hydroxyl groups excluding tert-OH is 1. The molecule has 2 aliphatic rings. The minimum absolute atomic E-state index is 0.178. The van der Waals surface area contributed by atoms with Gasteiger partial charge in [-0.1, -0.05) is 25.1 Å². The van der Waals surface area contributed by atoms with E-state index in [1.165, 1.54) is 5.56 Å². The topological polar surface area (TPSA) is 38.7 Å². The molecule has 0 amide bonds. The van der Waals surface area contributed by atoms with Gasteiger partial charge in [0.25, 0.3) is 0 Å². The van der Waals surface area contributed by atoms with Gasteiger partial charge in [0, 0.05) is 24.5 Å². The quantitative estimate of drug-likeness (QED) is 0.893. The van der Waals surface area contributed by atoms with Crippen LogP contribution in [0.25, 0.3) is 0 Å². The molecule has 18 heavy (non-hydrogen) atoms. The molecule has 98 valence electrons. The van der Waals surface area contributed by atoms with Crippen molar-refractivity contribution in [1.29, 1.82) is 0 Å². The van der Waals surface area contributed by atoms with Crippen LogP contribution < -0.4 is 4.74 Å². The van der Waals surface area contributed by atoms with Crippen molar-refractivity contribution >= 4 is 0 Å². The van der Waals surface area contributed by atoms with Gasteiger partial charge in [0.2, 0.25) is 0 Å². The second-order valence-corrected chi connectivity index (χ2v) is 5.15. The third kappa shape index (κ3) is 1.91. The van der Waals surface area contributed by atoms with Crippen molar-refractivity contribution in [3.8, 4) is 5.75 Å². The molecule has 0 aliphatic carbocycles. The number of hydrogen-bond acceptors (Lipinski definition) is 3. The number of hydrogen-bond donors (Lipinski definition) is 1. The highest BCUT2D eigenvalue weighted by Gasteiger charge is 2.35. The highest BCUT2D eigenvalue weighted by atomic mass is 16.5. The normalized spacial score (nSPS) is 27.9. The number of ether oxygens (including phenoxy) is 2. The van der Waals surface area contributed by atoms with Crippen molar-refractivity contribution in [3.05, 3.63) is 29.3 Å². The van der Waals surface area contributed by atoms with Gasteiger partial charge < -0.3 is 14.6 Å². The lowest BCUT2D eigenvalue weighted by molar-refractivity contribution is 0.0297. The van der Waals surface area contributed by atoms with E-state index in [2.05, 4.69) is 13.0 Å². The van der Waals surface area contributed by atoms with E-state index < -0.39 is 6.10 Å². The van der Waals surface area contributed by atoms with Crippen LogP contribution in [0.1, 0.15) is 37.0 Å². The fourth-order valence-electron chi connectivity index (χ4n) is 3.15. The van der Waals surface area contributed by atoms with Gasteiger partial charge in [0.05, 0.1) is 18.8 Å². The molecule has 1 aromatic rings. The Morgan fingerprint density at radius 3 is 3.11 bits per heavy atom. The molecule has 0 spiro atoms. The zero-order valence-corrected chi connectivity index (χ0v) is 10.8. The number of fused-ring (bicyclic) bond motifs is 1. The summed E-state index contributed by atoms with van der Waals surface area (Å²) in [5.41, 5.74) is 2.16. The third-order valence-corrected chi connectivity index (χ3v) is 4.13. The van der Waals surface area contributed by atoms with Gasteiger partial charge in [0.1, 0.15) is 5.75 Å². The molecule has 3 heteroatoms. The van der Waals surface area contributed by atoms with Crippen LogP contribution in [0.5, 0.6) is 5.75 Å². The molecule has 0 saturated carbocycles. The summed E-state index contributed by atoms with van der Waals surface area (Å²) in [6.45, 7) is 3.61. The summed E-state index contributed by atoms with van der Waals surface area (Å²) < 4.78 is 11.4. The molecular weight excluding hydrogens is 228 g/mol. The molecule has 0 bridgehead atoms. The van der Waals surface area contributed by atoms with Crippen molar-refractivity contribution < 1.29 is 14.6 Å². The van der Waals surface area contributed by atoms with E-state index in [4.69, 9.17) is 9.47 Å². The smallest absolute Gasteiger partial charge is 0.128 e. The van der Waals surface area contributed by atoms with Crippen molar-refractivity contribution in [3.63, 3.8) is 0 Å². The minimum Gasteiger partial charge on any atom is -0.493 e. The van der Waals surface area contributed by atoms with E-state index in [1.54, 1.807) is 0 Å². The van der Waals surface area contributed by atoms with Gasteiger partial charge >= 0.3 is 0 Å². The van der Waals surface area contributed by atoms with Crippen LogP contribution in [0.4, 0.5) is 0 Å². The first-order valence-electron chi connectivity index (χ1n) is 6.85. The summed E-state index contributed by atoms with van der Waals surface area (Å²) in [6, 6.07) is 6.09. The summed E-state index contributed by atoms with van der Waals surface area (Å²) in [6.07, 6.45) is 2.55. The van der Waals surface area contributed by atoms with E-state index in [9.17, 15) is 5.11 Å². The van der Waals surface area contributed by atoms with E-state index in [-0.39, 0.29) is 12.0 Å². The second kappa shape index (κ2) is 4.90. The number of benzene rings is 1. The highest BCUT2D eigenvalue weighted by molar-refractivity contribution is 5.45. The fraction of sp³-hybridized carbons (Fsp3) is 0.600. The Kier molecular flexibility index (Phi) is 3.27. The highest BCUT2D eigenvalue weighted by Crippen LogP contribution is 2.41. The standard InChI is InChI=1S/C15H20O3/c1-2-13-11(7-9-17-13)14(16)12-5-3-4-10-6-8-18-15(10)12/h3-5,11,13-14,16H,2,6-9H2,1H3. The lowest BCUT2D eigenvalue weighted by atomic mass is 9.88. The Morgan fingerprint density at radius 1 is 1.39 bits per heavy atom. The van der Waals surface area contributed by atoms with Crippen LogP contribution in [-0.2, 0) is 11.2 Å². The molecule has 3 atom stereocenters. The van der Waals surface area contributed by atoms with Gasteiger partial charge in [-0.05, 0) is 18.4 Å². The SMILES string of the molecule is CCC1OCCC1C(O)c1cccc2c1OCC2. The van der Waals surface area contributed by atoms with Gasteiger partial charge in [0.15, 0.2) is 0 Å². The van der Waals surface area contributed by atoms with Crippen LogP contribution in [0.3, 0.4) is 0 Å². The van der Waals surface area contributed by atoms with Crippen molar-refractivity contribution in [1.82, 2.24) is 0 Å². The molecule has 2 aliphatic heterocycles. The van der Waals surface area contributed by atoms with Crippen LogP contribution in [-0.4, -0.2) is 24.4 Å². The summed E-state index contributed by atoms with van der Waals surface area (Å²) in [5, 5.41) is 10.6. The Balaban J connectivity index is 1.88. The maximum atomic E-state index is 10.6. The Labute approximate surface area is 108 Å². The Morgan fingerprint density at radius 2 is 2.28 bits per heavy atom. The molecule has 1 N–H and O–H groups in total. The Bertz CT molecular complexity index is 430. The predicted molar refractivity (Wildman–Crippen MR) is 68.7 cm³/mol. The molecule has 3 rings (SSSR count). The molecule has 0 aromatic heterocycles. The molecule has 1 aromatic carbocycles. The fourth-order valence-corrected chi connectivity index (χ4v) is 3.15. The van der Waals surface area contributed by atoms with Crippen LogP contribution in [0, 0.1) is 5.92 Å². The van der Waals surface area contributed by atoms with E-state index in [0.717, 1.165) is 43.8 Å². The van der Waals surface area contributed by atoms with Gasteiger partial charge in [-0.2, -0.15) is 0 Å². The molecule has 1 saturated heterocycles. The predicted octanol–water partition coefficient (Wildman–Crippen LogP) is 2.47. The number of aliphatic hydroxyl groups is 1. The first-order valence-corrected chi connectivity index (χ1v) is 6.85. The monoisotopic (exact) mass is 248 g/mol. The zero-order valence-electron chi connectivity index (χ0n) is 10.8. The van der Waals surface area contributed by atoms with Crippen LogP contribution >= 0.6 is 0 Å². The largest absolute Gasteiger partial charge is 0.493 e. The summed E-state index contributed by atoms with van der Waals surface area (Å²) in [5.74, 6) is 1.11. The van der Waals surface area contributed by atoms with Gasteiger partial charge in [-0.25, -0.2) is 0 Å². The van der Waals surface area contributed by atoms with Crippen molar-refractivity contribution in [2.24, 2.45) is 5.92 Å². The summed E-state index contributed by atoms with van der Waals surface area (Å²) in [4.78, 5) is 0. The molecule has 2 heterocycles. The molecule has 3 nitrogen and oxygen atoms in total. The summed E-state index contributed by atoms with van der Waals surface area (Å²) in [7, 11) is 0. The molecule has 1 fully saturated rings. The lowest BCUT2D eigenvalue weighted by Crippen LogP contribution is -2.22. The maximum Gasteiger partial charge on any atom is 0.128 e. The van der Waals surface area contributed by atoms with Crippen molar-refractivity contribution in [2.75, 3.05) is 13.2 Å². The Hall–Kier alpha value is -1.06. The van der Waals surface area contributed by atoms with Crippen LogP contribution in [0.2, 0.25) is 0 Å². The number of rotatable bonds is 3. The minimum atomic E-state index is -0.467. The second-order valence-electron chi connectivity index (χ2n) is 5.15. The zero-order chi connectivity index (χ0) is 12.5. The average molecular weight is 248 g/mol. The van der Waals surface area contributed by atoms with Crippen molar-refractivity contribution in [2.45, 2.75) is 38.4 Å². The first-order chi connectivity index (χ1) is 8.81. The molecule has 3 unspecified atom stereocenters. The van der Waals surface area contributed by atoms with E-state index >= 15 is 0 Å². The maximum absolute atomic E-state index is 10.6. The third-order valence-electron chi connectivity index (χ3n) is 4.13. The van der Waals surface area contributed by atoms with E-state index in [0.29, 0.717) is 0 Å². The van der Waals surface area contributed by atoms with E-state index in [1.807, 2.05) is 12.1 Å². The summed E-state index contributed by atoms with van der Waals surface area (Å²) >= 11 is 0. The average Bonchev–Trinajstić information content (AvgIpc) is 3.05. The lowest BCUT2D eigenvalue weighted by Gasteiger charge is -2.24. The van der Waals surface area contributed by atoms with Crippen LogP contribution in [0.15, 0.2) is 18.2 Å². The molecule has 0 radical (unpaired) electrons. The molecular formula is C15H20O3. The van der Waals surface area contributed by atoms with Gasteiger partial charge in [-0.3, -0.25) is 0 Å².